The third kappa shape index (κ3) is 2.75. The van der Waals surface area contributed by atoms with E-state index in [1.807, 2.05) is 6.92 Å². The Morgan fingerprint density at radius 2 is 2.20 bits per heavy atom. The first-order valence-electron chi connectivity index (χ1n) is 5.51. The predicted molar refractivity (Wildman–Crippen MR) is 61.0 cm³/mol. The third-order valence-electron chi connectivity index (χ3n) is 2.98. The van der Waals surface area contributed by atoms with E-state index in [1.54, 1.807) is 11.3 Å². The largest absolute Gasteiger partial charge is 0.317 e. The molecule has 0 atom stereocenters. The third-order valence-corrected chi connectivity index (χ3v) is 4.12. The lowest BCUT2D eigenvalue weighted by Crippen LogP contribution is -2.28. The second-order valence-corrected chi connectivity index (χ2v) is 5.32. The molecule has 0 bridgehead atoms. The Bertz CT molecular complexity index is 318. The van der Waals surface area contributed by atoms with Gasteiger partial charge in [0.25, 0.3) is 0 Å². The first-order valence-corrected chi connectivity index (χ1v) is 6.33. The molecule has 2 heterocycles. The van der Waals surface area contributed by atoms with Crippen LogP contribution >= 0.6 is 11.3 Å². The van der Waals surface area contributed by atoms with Crippen molar-refractivity contribution in [3.63, 3.8) is 0 Å². The maximum absolute atomic E-state index is 12.5. The van der Waals surface area contributed by atoms with Gasteiger partial charge < -0.3 is 5.32 Å². The monoisotopic (exact) mass is 228 g/mol. The number of hydrogen-bond donors (Lipinski definition) is 1. The van der Waals surface area contributed by atoms with Crippen LogP contribution in [-0.4, -0.2) is 18.1 Å². The Morgan fingerprint density at radius 3 is 2.80 bits per heavy atom. The second-order valence-electron chi connectivity index (χ2n) is 4.15. The van der Waals surface area contributed by atoms with Crippen molar-refractivity contribution in [2.24, 2.45) is 5.92 Å². The fraction of sp³-hybridized carbons (Fsp3) is 0.727. The van der Waals surface area contributed by atoms with E-state index in [4.69, 9.17) is 0 Å². The fourth-order valence-electron chi connectivity index (χ4n) is 2.03. The van der Waals surface area contributed by atoms with E-state index < -0.39 is 0 Å². The van der Waals surface area contributed by atoms with Crippen LogP contribution in [0.15, 0.2) is 0 Å². The first-order chi connectivity index (χ1) is 7.29. The van der Waals surface area contributed by atoms with Crippen LogP contribution in [0.4, 0.5) is 4.39 Å². The summed E-state index contributed by atoms with van der Waals surface area (Å²) >= 11 is 1.55. The van der Waals surface area contributed by atoms with Gasteiger partial charge >= 0.3 is 0 Å². The highest BCUT2D eigenvalue weighted by atomic mass is 32.1. The second kappa shape index (κ2) is 5.03. The minimum absolute atomic E-state index is 0.365. The van der Waals surface area contributed by atoms with Crippen molar-refractivity contribution in [3.05, 3.63) is 15.6 Å². The van der Waals surface area contributed by atoms with Gasteiger partial charge in [-0.15, -0.1) is 11.3 Å². The number of aryl methyl sites for hydroxylation is 1. The summed E-state index contributed by atoms with van der Waals surface area (Å²) in [6.07, 6.45) is 3.49. The quantitative estimate of drug-likeness (QED) is 0.859. The number of piperidine rings is 1. The molecule has 1 N–H and O–H groups in total. The SMILES string of the molecule is Cc1nc(CC2CCNCC2)sc1CF. The van der Waals surface area contributed by atoms with Gasteiger partial charge in [0, 0.05) is 6.42 Å². The van der Waals surface area contributed by atoms with Crippen LogP contribution in [0.3, 0.4) is 0 Å². The number of alkyl halides is 1. The van der Waals surface area contributed by atoms with Crippen LogP contribution in [-0.2, 0) is 13.1 Å². The van der Waals surface area contributed by atoms with Crippen LogP contribution in [0.5, 0.6) is 0 Å². The molecule has 1 saturated heterocycles. The topological polar surface area (TPSA) is 24.9 Å². The summed E-state index contributed by atoms with van der Waals surface area (Å²) in [5.74, 6) is 0.740. The summed E-state index contributed by atoms with van der Waals surface area (Å²) in [6, 6.07) is 0. The smallest absolute Gasteiger partial charge is 0.126 e. The lowest BCUT2D eigenvalue weighted by molar-refractivity contribution is 0.372. The molecule has 0 spiro atoms. The molecule has 2 nitrogen and oxygen atoms in total. The van der Waals surface area contributed by atoms with Gasteiger partial charge in [0.15, 0.2) is 0 Å². The maximum atomic E-state index is 12.5. The molecule has 84 valence electrons. The number of aromatic nitrogens is 1. The van der Waals surface area contributed by atoms with E-state index in [9.17, 15) is 4.39 Å². The summed E-state index contributed by atoms with van der Waals surface area (Å²) < 4.78 is 12.5. The zero-order valence-corrected chi connectivity index (χ0v) is 9.87. The fourth-order valence-corrected chi connectivity index (χ4v) is 3.07. The van der Waals surface area contributed by atoms with Gasteiger partial charge in [-0.05, 0) is 38.8 Å². The molecule has 1 aromatic heterocycles. The van der Waals surface area contributed by atoms with Gasteiger partial charge in [0.1, 0.15) is 6.67 Å². The molecule has 0 saturated carbocycles. The number of thiazole rings is 1. The summed E-state index contributed by atoms with van der Waals surface area (Å²) in [5.41, 5.74) is 0.881. The molecule has 0 radical (unpaired) electrons. The average molecular weight is 228 g/mol. The number of nitrogens with one attached hydrogen (secondary N) is 1. The Kier molecular flexibility index (Phi) is 3.70. The summed E-state index contributed by atoms with van der Waals surface area (Å²) in [4.78, 5) is 5.24. The van der Waals surface area contributed by atoms with E-state index in [0.717, 1.165) is 41.0 Å². The molecule has 2 rings (SSSR count). The van der Waals surface area contributed by atoms with Crippen LogP contribution < -0.4 is 5.32 Å². The van der Waals surface area contributed by atoms with E-state index in [1.165, 1.54) is 12.8 Å². The Labute approximate surface area is 93.9 Å². The zero-order valence-electron chi connectivity index (χ0n) is 9.05. The van der Waals surface area contributed by atoms with Gasteiger partial charge in [-0.25, -0.2) is 9.37 Å². The predicted octanol–water partition coefficient (Wildman–Crippen LogP) is 2.46. The highest BCUT2D eigenvalue weighted by Crippen LogP contribution is 2.24. The molecule has 1 fully saturated rings. The number of rotatable bonds is 3. The van der Waals surface area contributed by atoms with Gasteiger partial charge in [0.2, 0.25) is 0 Å². The molecule has 0 aliphatic carbocycles. The van der Waals surface area contributed by atoms with Crippen molar-refractivity contribution in [1.82, 2.24) is 10.3 Å². The molecule has 1 aliphatic heterocycles. The normalized spacial score (nSPS) is 18.3. The highest BCUT2D eigenvalue weighted by Gasteiger charge is 2.16. The standard InChI is InChI=1S/C11H17FN2S/c1-8-10(7-12)15-11(14-8)6-9-2-4-13-5-3-9/h9,13H,2-7H2,1H3. The average Bonchev–Trinajstić information content (AvgIpc) is 2.60. The molecule has 4 heteroatoms. The first kappa shape index (κ1) is 11.0. The Hall–Kier alpha value is -0.480. The molecule has 0 aromatic carbocycles. The van der Waals surface area contributed by atoms with Crippen LogP contribution in [0.2, 0.25) is 0 Å². The van der Waals surface area contributed by atoms with Gasteiger partial charge in [-0.2, -0.15) is 0 Å². The van der Waals surface area contributed by atoms with Crippen LogP contribution in [0.25, 0.3) is 0 Å². The molecular weight excluding hydrogens is 211 g/mol. The van der Waals surface area contributed by atoms with E-state index in [0.29, 0.717) is 0 Å². The number of nitrogens with zero attached hydrogens (tertiary/aromatic N) is 1. The number of hydrogen-bond acceptors (Lipinski definition) is 3. The van der Waals surface area contributed by atoms with Crippen LogP contribution in [0, 0.1) is 12.8 Å². The Balaban J connectivity index is 1.97. The lowest BCUT2D eigenvalue weighted by Gasteiger charge is -2.21. The summed E-state index contributed by atoms with van der Waals surface area (Å²) in [5, 5.41) is 4.47. The molecule has 1 aliphatic rings. The molecule has 1 aromatic rings. The minimum atomic E-state index is -0.365. The van der Waals surface area contributed by atoms with Gasteiger partial charge in [-0.1, -0.05) is 0 Å². The number of halogens is 1. The minimum Gasteiger partial charge on any atom is -0.317 e. The molecule has 0 amide bonds. The molecular formula is C11H17FN2S. The van der Waals surface area contributed by atoms with Crippen molar-refractivity contribution >= 4 is 11.3 Å². The van der Waals surface area contributed by atoms with Crippen LogP contribution in [0.1, 0.15) is 28.4 Å². The summed E-state index contributed by atoms with van der Waals surface area (Å²) in [7, 11) is 0. The molecule has 15 heavy (non-hydrogen) atoms. The van der Waals surface area contributed by atoms with Crippen molar-refractivity contribution in [3.8, 4) is 0 Å². The van der Waals surface area contributed by atoms with Crippen molar-refractivity contribution < 1.29 is 4.39 Å². The van der Waals surface area contributed by atoms with Gasteiger partial charge in [0.05, 0.1) is 15.6 Å². The maximum Gasteiger partial charge on any atom is 0.126 e. The Morgan fingerprint density at radius 1 is 1.47 bits per heavy atom. The highest BCUT2D eigenvalue weighted by molar-refractivity contribution is 7.11. The van der Waals surface area contributed by atoms with Gasteiger partial charge in [-0.3, -0.25) is 0 Å². The van der Waals surface area contributed by atoms with Crippen molar-refractivity contribution in [2.45, 2.75) is 32.9 Å². The zero-order chi connectivity index (χ0) is 10.7. The van der Waals surface area contributed by atoms with Crippen molar-refractivity contribution in [2.75, 3.05) is 13.1 Å². The van der Waals surface area contributed by atoms with E-state index >= 15 is 0 Å². The van der Waals surface area contributed by atoms with Crippen molar-refractivity contribution in [1.29, 1.82) is 0 Å². The lowest BCUT2D eigenvalue weighted by atomic mass is 9.95. The van der Waals surface area contributed by atoms with E-state index in [-0.39, 0.29) is 6.67 Å². The van der Waals surface area contributed by atoms with E-state index in [2.05, 4.69) is 10.3 Å². The molecule has 0 unspecified atom stereocenters. The summed E-state index contributed by atoms with van der Waals surface area (Å²) in [6.45, 7) is 3.77.